The minimum Gasteiger partial charge on any atom is -0.489 e. The summed E-state index contributed by atoms with van der Waals surface area (Å²) < 4.78 is 17.8. The van der Waals surface area contributed by atoms with Gasteiger partial charge in [0.2, 0.25) is 0 Å². The molecular formula is C29H30N2O5. The van der Waals surface area contributed by atoms with Gasteiger partial charge in [-0.05, 0) is 60.7 Å². The van der Waals surface area contributed by atoms with Crippen LogP contribution >= 0.6 is 0 Å². The monoisotopic (exact) mass is 486 g/mol. The average Bonchev–Trinajstić information content (AvgIpc) is 3.56. The van der Waals surface area contributed by atoms with E-state index < -0.39 is 5.97 Å². The van der Waals surface area contributed by atoms with E-state index in [4.69, 9.17) is 19.1 Å². The van der Waals surface area contributed by atoms with Gasteiger partial charge in [-0.2, -0.15) is 0 Å². The van der Waals surface area contributed by atoms with Crippen molar-refractivity contribution in [1.82, 2.24) is 10.1 Å². The van der Waals surface area contributed by atoms with Crippen LogP contribution in [0.1, 0.15) is 66.5 Å². The summed E-state index contributed by atoms with van der Waals surface area (Å²) >= 11 is 0. The second-order valence-electron chi connectivity index (χ2n) is 9.22. The second-order valence-corrected chi connectivity index (χ2v) is 9.22. The molecule has 1 fully saturated rings. The molecule has 0 amide bonds. The Kier molecular flexibility index (Phi) is 7.28. The molecule has 4 aromatic rings. The SMILES string of the molecule is CCCc1onc(COC2CCCC2)c1COc1ccc(-c2ccc3nc(C(=O)O)ccc3c2)cc1. The van der Waals surface area contributed by atoms with Gasteiger partial charge in [0.15, 0.2) is 0 Å². The Morgan fingerprint density at radius 2 is 1.81 bits per heavy atom. The number of ether oxygens (including phenoxy) is 2. The maximum atomic E-state index is 11.2. The lowest BCUT2D eigenvalue weighted by Crippen LogP contribution is -2.09. The summed E-state index contributed by atoms with van der Waals surface area (Å²) in [6, 6.07) is 17.0. The topological polar surface area (TPSA) is 94.7 Å². The van der Waals surface area contributed by atoms with E-state index in [1.807, 2.05) is 42.5 Å². The first-order valence-electron chi connectivity index (χ1n) is 12.6. The van der Waals surface area contributed by atoms with Crippen LogP contribution in [0.4, 0.5) is 0 Å². The third-order valence-electron chi connectivity index (χ3n) is 6.67. The van der Waals surface area contributed by atoms with Crippen LogP contribution in [-0.4, -0.2) is 27.3 Å². The van der Waals surface area contributed by atoms with Crippen LogP contribution in [-0.2, 0) is 24.4 Å². The van der Waals surface area contributed by atoms with E-state index in [1.165, 1.54) is 18.9 Å². The van der Waals surface area contributed by atoms with Gasteiger partial charge in [0.1, 0.15) is 29.5 Å². The summed E-state index contributed by atoms with van der Waals surface area (Å²) in [6.45, 7) is 2.96. The molecular weight excluding hydrogens is 456 g/mol. The van der Waals surface area contributed by atoms with Crippen LogP contribution < -0.4 is 4.74 Å². The number of benzene rings is 2. The van der Waals surface area contributed by atoms with Gasteiger partial charge >= 0.3 is 5.97 Å². The highest BCUT2D eigenvalue weighted by Crippen LogP contribution is 2.28. The normalized spacial score (nSPS) is 13.9. The highest BCUT2D eigenvalue weighted by atomic mass is 16.5. The minimum absolute atomic E-state index is 0.0416. The van der Waals surface area contributed by atoms with Gasteiger partial charge < -0.3 is 19.1 Å². The smallest absolute Gasteiger partial charge is 0.354 e. The third-order valence-corrected chi connectivity index (χ3v) is 6.67. The molecule has 1 aliphatic rings. The molecule has 0 saturated heterocycles. The van der Waals surface area contributed by atoms with E-state index in [1.54, 1.807) is 6.07 Å². The molecule has 1 aliphatic carbocycles. The van der Waals surface area contributed by atoms with E-state index in [0.29, 0.717) is 24.8 Å². The van der Waals surface area contributed by atoms with Crippen LogP contribution in [0.5, 0.6) is 5.75 Å². The van der Waals surface area contributed by atoms with Gasteiger partial charge in [-0.15, -0.1) is 0 Å². The largest absolute Gasteiger partial charge is 0.489 e. The lowest BCUT2D eigenvalue weighted by Gasteiger charge is -2.11. The van der Waals surface area contributed by atoms with Gasteiger partial charge in [0.05, 0.1) is 23.8 Å². The average molecular weight is 487 g/mol. The Morgan fingerprint density at radius 3 is 2.56 bits per heavy atom. The molecule has 0 unspecified atom stereocenters. The van der Waals surface area contributed by atoms with Gasteiger partial charge in [0.25, 0.3) is 0 Å². The molecule has 0 spiro atoms. The first kappa shape index (κ1) is 24.0. The number of carboxylic acids is 1. The van der Waals surface area contributed by atoms with Crippen molar-refractivity contribution in [3.63, 3.8) is 0 Å². The third kappa shape index (κ3) is 5.41. The highest BCUT2D eigenvalue weighted by Gasteiger charge is 2.20. The van der Waals surface area contributed by atoms with E-state index in [9.17, 15) is 4.79 Å². The van der Waals surface area contributed by atoms with Crippen LogP contribution in [0.3, 0.4) is 0 Å². The summed E-state index contributed by atoms with van der Waals surface area (Å²) in [6.07, 6.45) is 6.82. The van der Waals surface area contributed by atoms with Crippen LogP contribution in [0.2, 0.25) is 0 Å². The molecule has 7 nitrogen and oxygen atoms in total. The number of hydrogen-bond donors (Lipinski definition) is 1. The Morgan fingerprint density at radius 1 is 1.03 bits per heavy atom. The van der Waals surface area contributed by atoms with Crippen molar-refractivity contribution >= 4 is 16.9 Å². The number of fused-ring (bicyclic) bond motifs is 1. The number of aromatic nitrogens is 2. The fraction of sp³-hybridized carbons (Fsp3) is 0.345. The summed E-state index contributed by atoms with van der Waals surface area (Å²) in [5.74, 6) is 0.603. The summed E-state index contributed by atoms with van der Waals surface area (Å²) in [4.78, 5) is 15.4. The number of nitrogens with zero attached hydrogens (tertiary/aromatic N) is 2. The Balaban J connectivity index is 1.27. The molecule has 0 bridgehead atoms. The molecule has 0 radical (unpaired) electrons. The number of aromatic carboxylic acids is 1. The molecule has 0 atom stereocenters. The quantitative estimate of drug-likeness (QED) is 0.270. The zero-order valence-electron chi connectivity index (χ0n) is 20.4. The first-order chi connectivity index (χ1) is 17.6. The Labute approximate surface area is 210 Å². The second kappa shape index (κ2) is 10.9. The van der Waals surface area contributed by atoms with Crippen LogP contribution in [0, 0.1) is 0 Å². The van der Waals surface area contributed by atoms with Crippen LogP contribution in [0.25, 0.3) is 22.0 Å². The number of aryl methyl sites for hydroxylation is 1. The van der Waals surface area contributed by atoms with E-state index in [0.717, 1.165) is 65.0 Å². The predicted octanol–water partition coefficient (Wildman–Crippen LogP) is 6.58. The summed E-state index contributed by atoms with van der Waals surface area (Å²) in [7, 11) is 0. The number of rotatable bonds is 10. The number of hydrogen-bond acceptors (Lipinski definition) is 6. The van der Waals surface area contributed by atoms with Gasteiger partial charge in [-0.1, -0.05) is 49.2 Å². The van der Waals surface area contributed by atoms with Crippen molar-refractivity contribution in [3.05, 3.63) is 77.3 Å². The molecule has 0 aliphatic heterocycles. The van der Waals surface area contributed by atoms with E-state index >= 15 is 0 Å². The molecule has 36 heavy (non-hydrogen) atoms. The molecule has 2 aromatic heterocycles. The molecule has 1 N–H and O–H groups in total. The van der Waals surface area contributed by atoms with E-state index in [2.05, 4.69) is 17.1 Å². The fourth-order valence-electron chi connectivity index (χ4n) is 4.66. The van der Waals surface area contributed by atoms with Crippen molar-refractivity contribution in [1.29, 1.82) is 0 Å². The molecule has 1 saturated carbocycles. The van der Waals surface area contributed by atoms with Gasteiger partial charge in [0, 0.05) is 11.8 Å². The van der Waals surface area contributed by atoms with Crippen molar-refractivity contribution in [3.8, 4) is 16.9 Å². The maximum Gasteiger partial charge on any atom is 0.354 e. The molecule has 2 heterocycles. The minimum atomic E-state index is -1.03. The summed E-state index contributed by atoms with van der Waals surface area (Å²) in [5, 5.41) is 14.3. The Bertz CT molecular complexity index is 1340. The van der Waals surface area contributed by atoms with Crippen molar-refractivity contribution in [2.75, 3.05) is 0 Å². The maximum absolute atomic E-state index is 11.2. The van der Waals surface area contributed by atoms with Gasteiger partial charge in [-0.25, -0.2) is 9.78 Å². The summed E-state index contributed by atoms with van der Waals surface area (Å²) in [5.41, 5.74) is 4.57. The first-order valence-corrected chi connectivity index (χ1v) is 12.6. The zero-order chi connectivity index (χ0) is 24.9. The number of carboxylic acid groups (broad SMARTS) is 1. The molecule has 2 aromatic carbocycles. The number of carbonyl (C=O) groups is 1. The lowest BCUT2D eigenvalue weighted by atomic mass is 10.0. The van der Waals surface area contributed by atoms with Crippen molar-refractivity contribution in [2.24, 2.45) is 0 Å². The number of pyridine rings is 1. The molecule has 5 rings (SSSR count). The van der Waals surface area contributed by atoms with E-state index in [-0.39, 0.29) is 5.69 Å². The van der Waals surface area contributed by atoms with Crippen LogP contribution in [0.15, 0.2) is 59.1 Å². The lowest BCUT2D eigenvalue weighted by molar-refractivity contribution is 0.0416. The standard InChI is InChI=1S/C29H30N2O5/c1-2-5-28-24(27(31-36-28)18-35-22-6-3-4-7-22)17-34-23-12-8-19(9-13-23)20-10-14-25-21(16-20)11-15-26(30-25)29(32)33/h8-16,22H,2-7,17-18H2,1H3,(H,32,33). The highest BCUT2D eigenvalue weighted by molar-refractivity contribution is 5.91. The van der Waals surface area contributed by atoms with Gasteiger partial charge in [-0.3, -0.25) is 0 Å². The Hall–Kier alpha value is -3.71. The molecule has 7 heteroatoms. The van der Waals surface area contributed by atoms with Crippen molar-refractivity contribution in [2.45, 2.75) is 64.8 Å². The molecule has 186 valence electrons. The zero-order valence-corrected chi connectivity index (χ0v) is 20.4. The van der Waals surface area contributed by atoms with Crippen molar-refractivity contribution < 1.29 is 23.9 Å². The fourth-order valence-corrected chi connectivity index (χ4v) is 4.66. The predicted molar refractivity (Wildman–Crippen MR) is 136 cm³/mol.